The van der Waals surface area contributed by atoms with Crippen LogP contribution in [0.25, 0.3) is 0 Å². The standard InChI is InChI=1S/C21H25N3O/c1-2-13-22-21(25)24-16-14-23(15-17-24)20(18-9-5-3-6-10-18)19-11-7-4-8-12-19/h2-13,20H,14-17H2,1H3,(H,22,25)/b13-2+. The molecule has 4 heteroatoms. The van der Waals surface area contributed by atoms with Crippen molar-refractivity contribution in [3.8, 4) is 0 Å². The number of piperazine rings is 1. The van der Waals surface area contributed by atoms with Crippen LogP contribution in [0.1, 0.15) is 24.1 Å². The maximum Gasteiger partial charge on any atom is 0.321 e. The summed E-state index contributed by atoms with van der Waals surface area (Å²) in [6.07, 6.45) is 3.51. The Balaban J connectivity index is 1.74. The lowest BCUT2D eigenvalue weighted by molar-refractivity contribution is 0.122. The number of nitrogens with zero attached hydrogens (tertiary/aromatic N) is 2. The molecule has 0 spiro atoms. The van der Waals surface area contributed by atoms with Gasteiger partial charge in [-0.1, -0.05) is 66.7 Å². The second kappa shape index (κ2) is 8.49. The summed E-state index contributed by atoms with van der Waals surface area (Å²) in [6, 6.07) is 21.4. The van der Waals surface area contributed by atoms with E-state index >= 15 is 0 Å². The minimum Gasteiger partial charge on any atom is -0.322 e. The number of nitrogens with one attached hydrogen (secondary N) is 1. The third-order valence-electron chi connectivity index (χ3n) is 4.57. The van der Waals surface area contributed by atoms with Gasteiger partial charge in [0.25, 0.3) is 0 Å². The Morgan fingerprint density at radius 1 is 0.920 bits per heavy atom. The van der Waals surface area contributed by atoms with Gasteiger partial charge in [0.15, 0.2) is 0 Å². The van der Waals surface area contributed by atoms with Crippen molar-refractivity contribution in [2.75, 3.05) is 26.2 Å². The lowest BCUT2D eigenvalue weighted by Crippen LogP contribution is -2.51. The highest BCUT2D eigenvalue weighted by atomic mass is 16.2. The third-order valence-corrected chi connectivity index (χ3v) is 4.57. The van der Waals surface area contributed by atoms with E-state index in [9.17, 15) is 4.79 Å². The van der Waals surface area contributed by atoms with Gasteiger partial charge < -0.3 is 10.2 Å². The van der Waals surface area contributed by atoms with Gasteiger partial charge in [0.05, 0.1) is 6.04 Å². The summed E-state index contributed by atoms with van der Waals surface area (Å²) < 4.78 is 0. The van der Waals surface area contributed by atoms with Crippen molar-refractivity contribution in [1.82, 2.24) is 15.1 Å². The van der Waals surface area contributed by atoms with Gasteiger partial charge in [-0.2, -0.15) is 0 Å². The summed E-state index contributed by atoms with van der Waals surface area (Å²) in [7, 11) is 0. The molecule has 3 rings (SSSR count). The second-order valence-corrected chi connectivity index (χ2v) is 6.20. The van der Waals surface area contributed by atoms with Crippen LogP contribution in [0.15, 0.2) is 72.9 Å². The fourth-order valence-electron chi connectivity index (χ4n) is 3.31. The van der Waals surface area contributed by atoms with Gasteiger partial charge in [-0.3, -0.25) is 4.90 Å². The van der Waals surface area contributed by atoms with E-state index in [4.69, 9.17) is 0 Å². The van der Waals surface area contributed by atoms with E-state index in [2.05, 4.69) is 70.9 Å². The Hall–Kier alpha value is -2.59. The molecule has 0 radical (unpaired) electrons. The molecule has 0 saturated carbocycles. The Morgan fingerprint density at radius 2 is 1.44 bits per heavy atom. The second-order valence-electron chi connectivity index (χ2n) is 6.20. The van der Waals surface area contributed by atoms with Crippen LogP contribution in [0.2, 0.25) is 0 Å². The summed E-state index contributed by atoms with van der Waals surface area (Å²) in [4.78, 5) is 16.5. The molecule has 4 nitrogen and oxygen atoms in total. The smallest absolute Gasteiger partial charge is 0.321 e. The van der Waals surface area contributed by atoms with Crippen LogP contribution in [-0.4, -0.2) is 42.0 Å². The SMILES string of the molecule is C/C=C/NC(=O)N1CCN(C(c2ccccc2)c2ccccc2)CC1. The van der Waals surface area contributed by atoms with E-state index in [0.717, 1.165) is 26.2 Å². The number of hydrogen-bond acceptors (Lipinski definition) is 2. The van der Waals surface area contributed by atoms with Gasteiger partial charge in [-0.15, -0.1) is 0 Å². The number of carbonyl (C=O) groups is 1. The average molecular weight is 335 g/mol. The molecule has 1 fully saturated rings. The van der Waals surface area contributed by atoms with E-state index in [-0.39, 0.29) is 12.1 Å². The number of carbonyl (C=O) groups excluding carboxylic acids is 1. The fourth-order valence-corrected chi connectivity index (χ4v) is 3.31. The summed E-state index contributed by atoms with van der Waals surface area (Å²) in [5.74, 6) is 0. The Kier molecular flexibility index (Phi) is 5.86. The molecule has 0 aliphatic carbocycles. The van der Waals surface area contributed by atoms with Crippen LogP contribution in [0, 0.1) is 0 Å². The van der Waals surface area contributed by atoms with Crippen molar-refractivity contribution >= 4 is 6.03 Å². The van der Waals surface area contributed by atoms with Crippen LogP contribution >= 0.6 is 0 Å². The van der Waals surface area contributed by atoms with E-state index in [1.807, 2.05) is 17.9 Å². The van der Waals surface area contributed by atoms with Gasteiger partial charge >= 0.3 is 6.03 Å². The van der Waals surface area contributed by atoms with E-state index in [0.29, 0.717) is 0 Å². The van der Waals surface area contributed by atoms with E-state index < -0.39 is 0 Å². The molecule has 130 valence electrons. The van der Waals surface area contributed by atoms with Crippen molar-refractivity contribution in [2.24, 2.45) is 0 Å². The van der Waals surface area contributed by atoms with Crippen LogP contribution in [0.4, 0.5) is 4.79 Å². The van der Waals surface area contributed by atoms with Gasteiger partial charge in [-0.05, 0) is 18.1 Å². The normalized spacial score (nSPS) is 15.7. The number of amides is 2. The highest BCUT2D eigenvalue weighted by Crippen LogP contribution is 2.29. The topological polar surface area (TPSA) is 35.6 Å². The molecular weight excluding hydrogens is 310 g/mol. The third kappa shape index (κ3) is 4.28. The van der Waals surface area contributed by atoms with Crippen molar-refractivity contribution in [2.45, 2.75) is 13.0 Å². The zero-order chi connectivity index (χ0) is 17.5. The lowest BCUT2D eigenvalue weighted by Gasteiger charge is -2.39. The predicted octanol–water partition coefficient (Wildman–Crippen LogP) is 3.64. The highest BCUT2D eigenvalue weighted by molar-refractivity contribution is 5.75. The molecule has 0 aromatic heterocycles. The number of hydrogen-bond donors (Lipinski definition) is 1. The summed E-state index contributed by atoms with van der Waals surface area (Å²) in [5, 5.41) is 2.80. The van der Waals surface area contributed by atoms with E-state index in [1.165, 1.54) is 11.1 Å². The molecule has 1 N–H and O–H groups in total. The Morgan fingerprint density at radius 3 is 1.92 bits per heavy atom. The fraction of sp³-hybridized carbons (Fsp3) is 0.286. The predicted molar refractivity (Wildman–Crippen MR) is 101 cm³/mol. The lowest BCUT2D eigenvalue weighted by atomic mass is 9.96. The minimum absolute atomic E-state index is 0.0197. The van der Waals surface area contributed by atoms with Gasteiger partial charge in [0.2, 0.25) is 0 Å². The molecule has 1 heterocycles. The van der Waals surface area contributed by atoms with Crippen molar-refractivity contribution in [3.63, 3.8) is 0 Å². The molecule has 2 aromatic rings. The maximum absolute atomic E-state index is 12.1. The monoisotopic (exact) mass is 335 g/mol. The van der Waals surface area contributed by atoms with Crippen molar-refractivity contribution < 1.29 is 4.79 Å². The Bertz CT molecular complexity index is 652. The van der Waals surface area contributed by atoms with Crippen molar-refractivity contribution in [3.05, 3.63) is 84.1 Å². The molecule has 1 aliphatic rings. The molecule has 0 unspecified atom stereocenters. The number of allylic oxidation sites excluding steroid dienone is 1. The van der Waals surface area contributed by atoms with Crippen LogP contribution < -0.4 is 5.32 Å². The quantitative estimate of drug-likeness (QED) is 0.926. The molecule has 2 amide bonds. The Labute approximate surface area is 149 Å². The highest BCUT2D eigenvalue weighted by Gasteiger charge is 2.27. The number of rotatable bonds is 4. The molecule has 0 atom stereocenters. The molecule has 25 heavy (non-hydrogen) atoms. The first-order valence-electron chi connectivity index (χ1n) is 8.80. The largest absolute Gasteiger partial charge is 0.322 e. The summed E-state index contributed by atoms with van der Waals surface area (Å²) in [5.41, 5.74) is 2.58. The average Bonchev–Trinajstić information content (AvgIpc) is 2.68. The molecule has 0 bridgehead atoms. The first kappa shape index (κ1) is 17.2. The molecule has 1 aliphatic heterocycles. The minimum atomic E-state index is -0.0197. The number of urea groups is 1. The molecule has 1 saturated heterocycles. The molecule has 2 aromatic carbocycles. The van der Waals surface area contributed by atoms with Crippen LogP contribution in [0.3, 0.4) is 0 Å². The van der Waals surface area contributed by atoms with Crippen LogP contribution in [-0.2, 0) is 0 Å². The first-order chi connectivity index (χ1) is 12.3. The zero-order valence-electron chi connectivity index (χ0n) is 14.6. The van der Waals surface area contributed by atoms with Gasteiger partial charge in [0, 0.05) is 32.4 Å². The van der Waals surface area contributed by atoms with Crippen molar-refractivity contribution in [1.29, 1.82) is 0 Å². The zero-order valence-corrected chi connectivity index (χ0v) is 14.6. The number of benzene rings is 2. The summed E-state index contributed by atoms with van der Waals surface area (Å²) in [6.45, 7) is 5.08. The van der Waals surface area contributed by atoms with Gasteiger partial charge in [-0.25, -0.2) is 4.79 Å². The maximum atomic E-state index is 12.1. The van der Waals surface area contributed by atoms with Crippen LogP contribution in [0.5, 0.6) is 0 Å². The first-order valence-corrected chi connectivity index (χ1v) is 8.80. The molecular formula is C21H25N3O. The van der Waals surface area contributed by atoms with E-state index in [1.54, 1.807) is 6.20 Å². The summed E-state index contributed by atoms with van der Waals surface area (Å²) >= 11 is 0. The van der Waals surface area contributed by atoms with Gasteiger partial charge in [0.1, 0.15) is 0 Å².